The highest BCUT2D eigenvalue weighted by Gasteiger charge is 2.09. The normalized spacial score (nSPS) is 12.7. The SMILES string of the molecule is COCCSCC(O)c1ccccc1N. The number of aliphatic hydroxyl groups is 1. The van der Waals surface area contributed by atoms with Crippen LogP contribution in [0.25, 0.3) is 0 Å². The third kappa shape index (κ3) is 4.11. The van der Waals surface area contributed by atoms with Gasteiger partial charge in [-0.3, -0.25) is 0 Å². The molecule has 0 aromatic heterocycles. The van der Waals surface area contributed by atoms with Gasteiger partial charge in [-0.25, -0.2) is 0 Å². The Kier molecular flexibility index (Phi) is 5.53. The summed E-state index contributed by atoms with van der Waals surface area (Å²) < 4.78 is 4.93. The molecule has 1 aromatic carbocycles. The molecule has 3 nitrogen and oxygen atoms in total. The van der Waals surface area contributed by atoms with E-state index in [0.29, 0.717) is 18.0 Å². The van der Waals surface area contributed by atoms with Crippen molar-refractivity contribution in [3.63, 3.8) is 0 Å². The predicted octanol–water partition coefficient (Wildman–Crippen LogP) is 1.68. The van der Waals surface area contributed by atoms with Crippen LogP contribution in [0.15, 0.2) is 24.3 Å². The van der Waals surface area contributed by atoms with Crippen LogP contribution in [0, 0.1) is 0 Å². The van der Waals surface area contributed by atoms with E-state index in [0.717, 1.165) is 11.3 Å². The van der Waals surface area contributed by atoms with Crippen LogP contribution in [-0.4, -0.2) is 30.3 Å². The molecule has 1 aromatic rings. The Morgan fingerprint density at radius 2 is 2.20 bits per heavy atom. The highest BCUT2D eigenvalue weighted by molar-refractivity contribution is 7.99. The number of aliphatic hydroxyl groups excluding tert-OH is 1. The van der Waals surface area contributed by atoms with E-state index in [1.165, 1.54) is 0 Å². The first-order chi connectivity index (χ1) is 7.25. The zero-order valence-electron chi connectivity index (χ0n) is 8.85. The van der Waals surface area contributed by atoms with Crippen LogP contribution in [0.4, 0.5) is 5.69 Å². The lowest BCUT2D eigenvalue weighted by Gasteiger charge is -2.12. The van der Waals surface area contributed by atoms with Gasteiger partial charge in [-0.15, -0.1) is 0 Å². The van der Waals surface area contributed by atoms with Crippen LogP contribution in [0.2, 0.25) is 0 Å². The lowest BCUT2D eigenvalue weighted by molar-refractivity contribution is 0.203. The summed E-state index contributed by atoms with van der Waals surface area (Å²) in [5.74, 6) is 1.54. The Hall–Kier alpha value is -0.710. The Morgan fingerprint density at radius 1 is 1.47 bits per heavy atom. The molecule has 1 unspecified atom stereocenters. The van der Waals surface area contributed by atoms with Crippen molar-refractivity contribution in [3.8, 4) is 0 Å². The summed E-state index contributed by atoms with van der Waals surface area (Å²) in [6.07, 6.45) is -0.493. The fourth-order valence-corrected chi connectivity index (χ4v) is 2.10. The number of anilines is 1. The third-order valence-corrected chi connectivity index (χ3v) is 3.07. The first-order valence-electron chi connectivity index (χ1n) is 4.85. The van der Waals surface area contributed by atoms with E-state index in [9.17, 15) is 5.11 Å². The molecule has 0 aliphatic heterocycles. The minimum atomic E-state index is -0.493. The minimum Gasteiger partial charge on any atom is -0.398 e. The van der Waals surface area contributed by atoms with E-state index in [1.54, 1.807) is 24.9 Å². The highest BCUT2D eigenvalue weighted by atomic mass is 32.2. The second kappa shape index (κ2) is 6.71. The number of hydrogen-bond acceptors (Lipinski definition) is 4. The number of ether oxygens (including phenoxy) is 1. The van der Waals surface area contributed by atoms with E-state index >= 15 is 0 Å². The number of benzene rings is 1. The van der Waals surface area contributed by atoms with Crippen molar-refractivity contribution in [2.75, 3.05) is 31.0 Å². The maximum atomic E-state index is 9.86. The smallest absolute Gasteiger partial charge is 0.0900 e. The lowest BCUT2D eigenvalue weighted by Crippen LogP contribution is -2.05. The molecule has 1 atom stereocenters. The Morgan fingerprint density at radius 3 is 2.87 bits per heavy atom. The van der Waals surface area contributed by atoms with Crippen LogP contribution in [0.3, 0.4) is 0 Å². The van der Waals surface area contributed by atoms with Crippen LogP contribution in [0.1, 0.15) is 11.7 Å². The van der Waals surface area contributed by atoms with Gasteiger partial charge in [0.1, 0.15) is 0 Å². The number of hydrogen-bond donors (Lipinski definition) is 2. The molecule has 0 spiro atoms. The third-order valence-electron chi connectivity index (χ3n) is 2.06. The molecule has 84 valence electrons. The minimum absolute atomic E-state index is 0.493. The molecule has 15 heavy (non-hydrogen) atoms. The second-order valence-electron chi connectivity index (χ2n) is 3.21. The molecule has 0 saturated carbocycles. The van der Waals surface area contributed by atoms with Crippen LogP contribution in [0.5, 0.6) is 0 Å². The molecule has 1 rings (SSSR count). The molecule has 0 radical (unpaired) electrons. The number of nitrogens with two attached hydrogens (primary N) is 1. The number of rotatable bonds is 6. The number of nitrogen functional groups attached to an aromatic ring is 1. The van der Waals surface area contributed by atoms with E-state index < -0.39 is 6.10 Å². The summed E-state index contributed by atoms with van der Waals surface area (Å²) in [6, 6.07) is 7.41. The molecule has 4 heteroatoms. The zero-order valence-corrected chi connectivity index (χ0v) is 9.67. The molecule has 3 N–H and O–H groups in total. The number of para-hydroxylation sites is 1. The van der Waals surface area contributed by atoms with Crippen LogP contribution in [-0.2, 0) is 4.74 Å². The van der Waals surface area contributed by atoms with Gasteiger partial charge in [-0.2, -0.15) is 11.8 Å². The van der Waals surface area contributed by atoms with E-state index in [2.05, 4.69) is 0 Å². The predicted molar refractivity (Wildman–Crippen MR) is 65.0 cm³/mol. The van der Waals surface area contributed by atoms with Crippen molar-refractivity contribution in [2.45, 2.75) is 6.10 Å². The molecule has 0 heterocycles. The quantitative estimate of drug-likeness (QED) is 0.573. The summed E-state index contributed by atoms with van der Waals surface area (Å²) >= 11 is 1.66. The number of methoxy groups -OCH3 is 1. The van der Waals surface area contributed by atoms with Gasteiger partial charge in [0.2, 0.25) is 0 Å². The van der Waals surface area contributed by atoms with Crippen molar-refractivity contribution in [1.29, 1.82) is 0 Å². The van der Waals surface area contributed by atoms with Gasteiger partial charge in [-0.05, 0) is 6.07 Å². The summed E-state index contributed by atoms with van der Waals surface area (Å²) in [6.45, 7) is 0.710. The van der Waals surface area contributed by atoms with Gasteiger partial charge in [0, 0.05) is 29.9 Å². The van der Waals surface area contributed by atoms with Gasteiger partial charge in [0.15, 0.2) is 0 Å². The van der Waals surface area contributed by atoms with Gasteiger partial charge in [0.25, 0.3) is 0 Å². The number of thioether (sulfide) groups is 1. The Balaban J connectivity index is 2.40. The molecule has 0 aliphatic carbocycles. The molecule has 0 bridgehead atoms. The monoisotopic (exact) mass is 227 g/mol. The average molecular weight is 227 g/mol. The summed E-state index contributed by atoms with van der Waals surface area (Å²) in [5, 5.41) is 9.86. The van der Waals surface area contributed by atoms with Gasteiger partial charge in [-0.1, -0.05) is 18.2 Å². The van der Waals surface area contributed by atoms with Crippen molar-refractivity contribution in [3.05, 3.63) is 29.8 Å². The Labute approximate surface area is 94.6 Å². The first kappa shape index (κ1) is 12.4. The van der Waals surface area contributed by atoms with E-state index in [1.807, 2.05) is 18.2 Å². The molecular formula is C11H17NO2S. The molecule has 0 aliphatic rings. The zero-order chi connectivity index (χ0) is 11.1. The molecule has 0 fully saturated rings. The topological polar surface area (TPSA) is 55.5 Å². The van der Waals surface area contributed by atoms with Gasteiger partial charge < -0.3 is 15.6 Å². The standard InChI is InChI=1S/C11H17NO2S/c1-14-6-7-15-8-11(13)9-4-2-3-5-10(9)12/h2-5,11,13H,6-8,12H2,1H3. The maximum absolute atomic E-state index is 9.86. The van der Waals surface area contributed by atoms with Crippen molar-refractivity contribution < 1.29 is 9.84 Å². The molecule has 0 saturated heterocycles. The molecule has 0 amide bonds. The molecular weight excluding hydrogens is 210 g/mol. The largest absolute Gasteiger partial charge is 0.398 e. The van der Waals surface area contributed by atoms with Crippen molar-refractivity contribution in [2.24, 2.45) is 0 Å². The fourth-order valence-electron chi connectivity index (χ4n) is 1.24. The van der Waals surface area contributed by atoms with Gasteiger partial charge >= 0.3 is 0 Å². The van der Waals surface area contributed by atoms with E-state index in [4.69, 9.17) is 10.5 Å². The lowest BCUT2D eigenvalue weighted by atomic mass is 10.1. The first-order valence-corrected chi connectivity index (χ1v) is 6.00. The van der Waals surface area contributed by atoms with Crippen molar-refractivity contribution >= 4 is 17.4 Å². The Bertz CT molecular complexity index is 294. The van der Waals surface area contributed by atoms with Crippen LogP contribution >= 0.6 is 11.8 Å². The van der Waals surface area contributed by atoms with E-state index in [-0.39, 0.29) is 0 Å². The summed E-state index contributed by atoms with van der Waals surface area (Å²) in [7, 11) is 1.67. The maximum Gasteiger partial charge on any atom is 0.0900 e. The van der Waals surface area contributed by atoms with Crippen LogP contribution < -0.4 is 5.73 Å². The summed E-state index contributed by atoms with van der Waals surface area (Å²) in [5.41, 5.74) is 7.22. The summed E-state index contributed by atoms with van der Waals surface area (Å²) in [4.78, 5) is 0. The average Bonchev–Trinajstić information content (AvgIpc) is 2.25. The second-order valence-corrected chi connectivity index (χ2v) is 4.36. The van der Waals surface area contributed by atoms with Gasteiger partial charge in [0.05, 0.1) is 12.7 Å². The van der Waals surface area contributed by atoms with Crippen molar-refractivity contribution in [1.82, 2.24) is 0 Å². The fraction of sp³-hybridized carbons (Fsp3) is 0.455. The highest BCUT2D eigenvalue weighted by Crippen LogP contribution is 2.23.